The molecule has 1 saturated heterocycles. The van der Waals surface area contributed by atoms with Gasteiger partial charge in [-0.3, -0.25) is 4.90 Å². The minimum Gasteiger partial charge on any atom is -0.497 e. The molecule has 9 heteroatoms. The van der Waals surface area contributed by atoms with E-state index >= 15 is 0 Å². The van der Waals surface area contributed by atoms with Gasteiger partial charge < -0.3 is 23.9 Å². The highest BCUT2D eigenvalue weighted by Crippen LogP contribution is 2.35. The van der Waals surface area contributed by atoms with Crippen LogP contribution < -0.4 is 19.5 Å². The predicted octanol–water partition coefficient (Wildman–Crippen LogP) is 5.43. The molecule has 4 rings (SSSR count). The Labute approximate surface area is 210 Å². The highest BCUT2D eigenvalue weighted by atomic mass is 35.5. The number of piperidine rings is 1. The molecule has 35 heavy (non-hydrogen) atoms. The molecule has 2 heterocycles. The first-order valence-electron chi connectivity index (χ1n) is 11.6. The summed E-state index contributed by atoms with van der Waals surface area (Å²) in [5.41, 5.74) is 1.21. The fourth-order valence-corrected chi connectivity index (χ4v) is 4.38. The number of halogens is 1. The number of nitriles is 1. The fraction of sp³-hybridized carbons (Fsp3) is 0.385. The van der Waals surface area contributed by atoms with Crippen LogP contribution in [-0.4, -0.2) is 43.7 Å². The second-order valence-corrected chi connectivity index (χ2v) is 8.68. The van der Waals surface area contributed by atoms with E-state index in [9.17, 15) is 5.26 Å². The standard InChI is InChI=1S/C26H29ClN4O4/c1-32-20-10-11-24(33-2)21(14-20)23(31-12-4-3-5-13-31)16-29-26-22(15-28)30-25(35-26)17-34-19-8-6-18(27)7-9-19/h6-11,14,23,29H,3-5,12-13,16-17H2,1-2H3/t23-/m0/s1. The van der Waals surface area contributed by atoms with Crippen molar-refractivity contribution in [3.8, 4) is 23.3 Å². The zero-order valence-electron chi connectivity index (χ0n) is 19.9. The van der Waals surface area contributed by atoms with Crippen LogP contribution in [0, 0.1) is 11.3 Å². The lowest BCUT2D eigenvalue weighted by atomic mass is 10.00. The van der Waals surface area contributed by atoms with Gasteiger partial charge in [0.25, 0.3) is 0 Å². The zero-order valence-corrected chi connectivity index (χ0v) is 20.7. The summed E-state index contributed by atoms with van der Waals surface area (Å²) in [4.78, 5) is 6.72. The van der Waals surface area contributed by atoms with Crippen molar-refractivity contribution in [3.63, 3.8) is 0 Å². The van der Waals surface area contributed by atoms with Crippen molar-refractivity contribution in [2.75, 3.05) is 39.2 Å². The van der Waals surface area contributed by atoms with E-state index in [2.05, 4.69) is 21.3 Å². The molecule has 184 valence electrons. The Morgan fingerprint density at radius 3 is 2.51 bits per heavy atom. The maximum atomic E-state index is 9.61. The molecule has 0 bridgehead atoms. The van der Waals surface area contributed by atoms with Gasteiger partial charge in [0.05, 0.1) is 20.3 Å². The number of hydrogen-bond donors (Lipinski definition) is 1. The third kappa shape index (κ3) is 6.18. The van der Waals surface area contributed by atoms with Crippen LogP contribution in [0.15, 0.2) is 46.9 Å². The summed E-state index contributed by atoms with van der Waals surface area (Å²) in [5, 5.41) is 13.6. The van der Waals surface area contributed by atoms with Crippen molar-refractivity contribution < 1.29 is 18.6 Å². The van der Waals surface area contributed by atoms with Gasteiger partial charge in [-0.1, -0.05) is 18.0 Å². The van der Waals surface area contributed by atoms with Gasteiger partial charge >= 0.3 is 0 Å². The fourth-order valence-electron chi connectivity index (χ4n) is 4.25. The molecule has 1 N–H and O–H groups in total. The molecule has 1 atom stereocenters. The zero-order chi connectivity index (χ0) is 24.6. The number of likely N-dealkylation sites (tertiary alicyclic amines) is 1. The van der Waals surface area contributed by atoms with E-state index < -0.39 is 0 Å². The number of nitrogens with zero attached hydrogens (tertiary/aromatic N) is 3. The number of nitrogens with one attached hydrogen (secondary N) is 1. The Balaban J connectivity index is 1.52. The predicted molar refractivity (Wildman–Crippen MR) is 133 cm³/mol. The molecule has 2 aromatic carbocycles. The van der Waals surface area contributed by atoms with Gasteiger partial charge in [-0.05, 0) is 68.4 Å². The molecule has 3 aromatic rings. The van der Waals surface area contributed by atoms with Crippen LogP contribution in [-0.2, 0) is 6.61 Å². The van der Waals surface area contributed by atoms with Gasteiger partial charge in [-0.15, -0.1) is 0 Å². The first kappa shape index (κ1) is 24.7. The van der Waals surface area contributed by atoms with E-state index in [1.165, 1.54) is 6.42 Å². The van der Waals surface area contributed by atoms with Crippen LogP contribution in [0.1, 0.15) is 42.5 Å². The van der Waals surface area contributed by atoms with Gasteiger partial charge in [0, 0.05) is 17.1 Å². The van der Waals surface area contributed by atoms with E-state index in [1.54, 1.807) is 38.5 Å². The average molecular weight is 497 g/mol. The minimum absolute atomic E-state index is 0.00856. The second kappa shape index (κ2) is 11.8. The maximum absolute atomic E-state index is 9.61. The summed E-state index contributed by atoms with van der Waals surface area (Å²) in [7, 11) is 3.32. The Kier molecular flexibility index (Phi) is 8.35. The van der Waals surface area contributed by atoms with Crippen molar-refractivity contribution in [2.24, 2.45) is 0 Å². The Bertz CT molecular complexity index is 1150. The van der Waals surface area contributed by atoms with Crippen LogP contribution in [0.5, 0.6) is 17.2 Å². The molecule has 0 aliphatic carbocycles. The first-order chi connectivity index (χ1) is 17.1. The van der Waals surface area contributed by atoms with E-state index in [0.717, 1.165) is 43.0 Å². The molecule has 1 fully saturated rings. The summed E-state index contributed by atoms with van der Waals surface area (Å²) < 4.78 is 22.7. The number of ether oxygens (including phenoxy) is 3. The molecule has 8 nitrogen and oxygen atoms in total. The summed E-state index contributed by atoms with van der Waals surface area (Å²) in [6.07, 6.45) is 3.50. The number of methoxy groups -OCH3 is 2. The van der Waals surface area contributed by atoms with Crippen molar-refractivity contribution in [1.29, 1.82) is 5.26 Å². The lowest BCUT2D eigenvalue weighted by Gasteiger charge is -2.35. The number of anilines is 1. The van der Waals surface area contributed by atoms with Crippen molar-refractivity contribution in [1.82, 2.24) is 9.88 Å². The smallest absolute Gasteiger partial charge is 0.236 e. The maximum Gasteiger partial charge on any atom is 0.236 e. The number of benzene rings is 2. The highest BCUT2D eigenvalue weighted by molar-refractivity contribution is 6.30. The summed E-state index contributed by atoms with van der Waals surface area (Å²) in [5.74, 6) is 2.83. The van der Waals surface area contributed by atoms with Crippen LogP contribution in [0.25, 0.3) is 0 Å². The lowest BCUT2D eigenvalue weighted by Crippen LogP contribution is -2.37. The van der Waals surface area contributed by atoms with Gasteiger partial charge in [0.15, 0.2) is 6.61 Å². The van der Waals surface area contributed by atoms with E-state index in [4.69, 9.17) is 30.2 Å². The first-order valence-corrected chi connectivity index (χ1v) is 12.0. The quantitative estimate of drug-likeness (QED) is 0.397. The van der Waals surface area contributed by atoms with Crippen LogP contribution in [0.3, 0.4) is 0 Å². The molecule has 0 saturated carbocycles. The summed E-state index contributed by atoms with van der Waals surface area (Å²) in [6.45, 7) is 2.56. The second-order valence-electron chi connectivity index (χ2n) is 8.24. The molecular weight excluding hydrogens is 468 g/mol. The molecule has 0 amide bonds. The third-order valence-electron chi connectivity index (χ3n) is 6.04. The van der Waals surface area contributed by atoms with Crippen molar-refractivity contribution in [3.05, 3.63) is 64.6 Å². The molecule has 1 aliphatic rings. The van der Waals surface area contributed by atoms with E-state index in [0.29, 0.717) is 29.1 Å². The van der Waals surface area contributed by atoms with Crippen LogP contribution >= 0.6 is 11.6 Å². The van der Waals surface area contributed by atoms with Crippen LogP contribution in [0.2, 0.25) is 5.02 Å². The number of oxazole rings is 1. The van der Waals surface area contributed by atoms with Gasteiger partial charge in [0.2, 0.25) is 17.5 Å². The van der Waals surface area contributed by atoms with Gasteiger partial charge in [0.1, 0.15) is 23.3 Å². The Hall–Kier alpha value is -3.41. The van der Waals surface area contributed by atoms with Gasteiger partial charge in [-0.25, -0.2) is 0 Å². The van der Waals surface area contributed by atoms with E-state index in [1.807, 2.05) is 18.2 Å². The Morgan fingerprint density at radius 1 is 1.09 bits per heavy atom. The number of hydrogen-bond acceptors (Lipinski definition) is 8. The monoisotopic (exact) mass is 496 g/mol. The molecule has 1 aliphatic heterocycles. The Morgan fingerprint density at radius 2 is 1.83 bits per heavy atom. The minimum atomic E-state index is -0.00856. The van der Waals surface area contributed by atoms with Crippen molar-refractivity contribution in [2.45, 2.75) is 31.9 Å². The molecule has 0 unspecified atom stereocenters. The SMILES string of the molecule is COc1ccc(OC)c([C@H](CNc2oc(COc3ccc(Cl)cc3)nc2C#N)N2CCCCC2)c1. The van der Waals surface area contributed by atoms with Gasteiger partial charge in [-0.2, -0.15) is 10.2 Å². The molecular formula is C26H29ClN4O4. The summed E-state index contributed by atoms with van der Waals surface area (Å²) in [6, 6.07) is 14.9. The highest BCUT2D eigenvalue weighted by Gasteiger charge is 2.26. The number of aromatic nitrogens is 1. The molecule has 0 radical (unpaired) electrons. The lowest BCUT2D eigenvalue weighted by molar-refractivity contribution is 0.167. The topological polar surface area (TPSA) is 92.8 Å². The largest absolute Gasteiger partial charge is 0.497 e. The van der Waals surface area contributed by atoms with Crippen LogP contribution in [0.4, 0.5) is 5.88 Å². The average Bonchev–Trinajstić information content (AvgIpc) is 3.31. The summed E-state index contributed by atoms with van der Waals surface area (Å²) >= 11 is 5.92. The molecule has 0 spiro atoms. The van der Waals surface area contributed by atoms with E-state index in [-0.39, 0.29) is 18.3 Å². The molecule has 1 aromatic heterocycles. The third-order valence-corrected chi connectivity index (χ3v) is 6.29. The normalized spacial score (nSPS) is 14.7. The number of rotatable bonds is 10. The van der Waals surface area contributed by atoms with Crippen molar-refractivity contribution >= 4 is 17.5 Å².